The van der Waals surface area contributed by atoms with Gasteiger partial charge in [-0.15, -0.1) is 12.4 Å². The molecular weight excluding hydrogens is 349 g/mol. The van der Waals surface area contributed by atoms with Crippen LogP contribution in [0.5, 0.6) is 0 Å². The number of benzene rings is 1. The van der Waals surface area contributed by atoms with Gasteiger partial charge in [0.1, 0.15) is 0 Å². The van der Waals surface area contributed by atoms with Gasteiger partial charge in [0.25, 0.3) is 5.91 Å². The highest BCUT2D eigenvalue weighted by molar-refractivity contribution is 6.42. The molecule has 0 saturated carbocycles. The largest absolute Gasteiger partial charge is 0.343 e. The second-order valence-electron chi connectivity index (χ2n) is 5.01. The van der Waals surface area contributed by atoms with Gasteiger partial charge in [-0.2, -0.15) is 0 Å². The van der Waals surface area contributed by atoms with Crippen LogP contribution in [0.3, 0.4) is 0 Å². The van der Waals surface area contributed by atoms with Crippen LogP contribution in [0.2, 0.25) is 10.0 Å². The number of carbonyl (C=O) groups excluding carboxylic acids is 2. The van der Waals surface area contributed by atoms with E-state index in [1.165, 1.54) is 6.07 Å². The number of hydrogen-bond donors (Lipinski definition) is 2. The molecule has 5 nitrogen and oxygen atoms in total. The molecule has 2 amide bonds. The van der Waals surface area contributed by atoms with E-state index in [1.807, 2.05) is 6.92 Å². The first-order valence-electron chi connectivity index (χ1n) is 6.72. The van der Waals surface area contributed by atoms with Crippen molar-refractivity contribution in [1.82, 2.24) is 15.5 Å². The Bertz CT molecular complexity index is 554. The number of rotatable bonds is 3. The Morgan fingerprint density at radius 3 is 2.73 bits per heavy atom. The van der Waals surface area contributed by atoms with Gasteiger partial charge >= 0.3 is 0 Å². The molecule has 2 rings (SSSR count). The fourth-order valence-electron chi connectivity index (χ4n) is 2.17. The van der Waals surface area contributed by atoms with Crippen LogP contribution in [-0.4, -0.2) is 48.9 Å². The maximum atomic E-state index is 12.0. The van der Waals surface area contributed by atoms with Crippen LogP contribution in [0.25, 0.3) is 0 Å². The summed E-state index contributed by atoms with van der Waals surface area (Å²) in [5, 5.41) is 6.57. The van der Waals surface area contributed by atoms with E-state index in [0.717, 1.165) is 6.54 Å². The summed E-state index contributed by atoms with van der Waals surface area (Å²) in [5.41, 5.74) is 0.380. The molecule has 1 fully saturated rings. The number of nitrogens with one attached hydrogen (secondary N) is 2. The lowest BCUT2D eigenvalue weighted by Crippen LogP contribution is -2.53. The lowest BCUT2D eigenvalue weighted by atomic mass is 10.2. The zero-order valence-electron chi connectivity index (χ0n) is 12.1. The maximum absolute atomic E-state index is 12.0. The van der Waals surface area contributed by atoms with Crippen molar-refractivity contribution in [1.29, 1.82) is 0 Å². The van der Waals surface area contributed by atoms with Gasteiger partial charge in [-0.05, 0) is 25.1 Å². The van der Waals surface area contributed by atoms with Crippen LogP contribution in [0.1, 0.15) is 17.3 Å². The van der Waals surface area contributed by atoms with Crippen molar-refractivity contribution in [2.45, 2.75) is 13.0 Å². The normalized spacial score (nSPS) is 17.6. The predicted octanol–water partition coefficient (Wildman–Crippen LogP) is 1.97. The van der Waals surface area contributed by atoms with Crippen molar-refractivity contribution in [2.24, 2.45) is 0 Å². The van der Waals surface area contributed by atoms with E-state index in [4.69, 9.17) is 23.2 Å². The molecule has 22 heavy (non-hydrogen) atoms. The minimum atomic E-state index is -0.343. The van der Waals surface area contributed by atoms with E-state index in [-0.39, 0.29) is 36.8 Å². The van der Waals surface area contributed by atoms with Gasteiger partial charge in [-0.25, -0.2) is 0 Å². The minimum Gasteiger partial charge on any atom is -0.343 e. The predicted molar refractivity (Wildman–Crippen MR) is 90.1 cm³/mol. The highest BCUT2D eigenvalue weighted by Crippen LogP contribution is 2.22. The van der Waals surface area contributed by atoms with E-state index in [9.17, 15) is 9.59 Å². The van der Waals surface area contributed by atoms with Gasteiger partial charge in [0, 0.05) is 31.2 Å². The highest BCUT2D eigenvalue weighted by Gasteiger charge is 2.20. The molecule has 0 spiro atoms. The molecular formula is C14H18Cl3N3O2. The number of piperazine rings is 1. The van der Waals surface area contributed by atoms with Crippen molar-refractivity contribution < 1.29 is 9.59 Å². The second-order valence-corrected chi connectivity index (χ2v) is 5.82. The Morgan fingerprint density at radius 2 is 2.09 bits per heavy atom. The van der Waals surface area contributed by atoms with Crippen LogP contribution in [0, 0.1) is 0 Å². The van der Waals surface area contributed by atoms with Gasteiger partial charge in [-0.1, -0.05) is 23.2 Å². The number of hydrogen-bond acceptors (Lipinski definition) is 3. The summed E-state index contributed by atoms with van der Waals surface area (Å²) in [6, 6.07) is 4.88. The molecule has 2 N–H and O–H groups in total. The van der Waals surface area contributed by atoms with Crippen LogP contribution >= 0.6 is 35.6 Å². The zero-order valence-corrected chi connectivity index (χ0v) is 14.4. The summed E-state index contributed by atoms with van der Waals surface area (Å²) in [7, 11) is 0. The third-order valence-electron chi connectivity index (χ3n) is 3.30. The van der Waals surface area contributed by atoms with Crippen molar-refractivity contribution in [3.63, 3.8) is 0 Å². The van der Waals surface area contributed by atoms with E-state index in [2.05, 4.69) is 10.6 Å². The van der Waals surface area contributed by atoms with Gasteiger partial charge in [0.05, 0.1) is 16.6 Å². The highest BCUT2D eigenvalue weighted by atomic mass is 35.5. The lowest BCUT2D eigenvalue weighted by Gasteiger charge is -2.31. The third kappa shape index (κ3) is 5.02. The molecule has 1 aromatic rings. The fraction of sp³-hybridized carbons (Fsp3) is 0.429. The Labute approximate surface area is 145 Å². The zero-order chi connectivity index (χ0) is 15.4. The minimum absolute atomic E-state index is 0. The van der Waals surface area contributed by atoms with E-state index in [0.29, 0.717) is 28.7 Å². The molecule has 1 aliphatic rings. The van der Waals surface area contributed by atoms with E-state index in [1.54, 1.807) is 17.0 Å². The molecule has 0 bridgehead atoms. The van der Waals surface area contributed by atoms with Crippen molar-refractivity contribution in [2.75, 3.05) is 26.2 Å². The maximum Gasteiger partial charge on any atom is 0.251 e. The summed E-state index contributed by atoms with van der Waals surface area (Å²) in [5.74, 6) is -0.429. The van der Waals surface area contributed by atoms with Crippen molar-refractivity contribution in [3.8, 4) is 0 Å². The summed E-state index contributed by atoms with van der Waals surface area (Å²) >= 11 is 11.7. The number of nitrogens with zero attached hydrogens (tertiary/aromatic N) is 1. The SMILES string of the molecule is CC1CN(C(=O)CNC(=O)c2ccc(Cl)c(Cl)c2)CCN1.Cl. The molecule has 1 heterocycles. The standard InChI is InChI=1S/C14H17Cl2N3O2.ClH/c1-9-8-19(5-4-17-9)13(20)7-18-14(21)10-2-3-11(15)12(16)6-10;/h2-3,6,9,17H,4-5,7-8H2,1H3,(H,18,21);1H. The average Bonchev–Trinajstić information content (AvgIpc) is 2.47. The monoisotopic (exact) mass is 365 g/mol. The Morgan fingerprint density at radius 1 is 1.36 bits per heavy atom. The molecule has 1 aromatic carbocycles. The summed E-state index contributed by atoms with van der Waals surface area (Å²) < 4.78 is 0. The number of amides is 2. The molecule has 8 heteroatoms. The molecule has 122 valence electrons. The smallest absolute Gasteiger partial charge is 0.251 e. The van der Waals surface area contributed by atoms with Crippen LogP contribution < -0.4 is 10.6 Å². The lowest BCUT2D eigenvalue weighted by molar-refractivity contribution is -0.131. The first-order valence-corrected chi connectivity index (χ1v) is 7.47. The molecule has 1 unspecified atom stereocenters. The van der Waals surface area contributed by atoms with Gasteiger partial charge in [0.2, 0.25) is 5.91 Å². The number of carbonyl (C=O) groups is 2. The molecule has 1 aliphatic heterocycles. The van der Waals surface area contributed by atoms with Crippen molar-refractivity contribution >= 4 is 47.4 Å². The average molecular weight is 367 g/mol. The third-order valence-corrected chi connectivity index (χ3v) is 4.04. The summed E-state index contributed by atoms with van der Waals surface area (Å²) in [6.07, 6.45) is 0. The van der Waals surface area contributed by atoms with E-state index < -0.39 is 0 Å². The second kappa shape index (κ2) is 8.58. The number of halogens is 3. The van der Waals surface area contributed by atoms with Crippen LogP contribution in [0.15, 0.2) is 18.2 Å². The Balaban J connectivity index is 0.00000242. The first kappa shape index (κ1) is 19.0. The van der Waals surface area contributed by atoms with Crippen LogP contribution in [0.4, 0.5) is 0 Å². The Hall–Kier alpha value is -1.01. The molecule has 1 saturated heterocycles. The van der Waals surface area contributed by atoms with Gasteiger partial charge < -0.3 is 15.5 Å². The quantitative estimate of drug-likeness (QED) is 0.860. The molecule has 1 atom stereocenters. The van der Waals surface area contributed by atoms with Gasteiger partial charge in [0.15, 0.2) is 0 Å². The molecule has 0 radical (unpaired) electrons. The molecule has 0 aromatic heterocycles. The Kier molecular flexibility index (Phi) is 7.42. The first-order chi connectivity index (χ1) is 9.97. The summed E-state index contributed by atoms with van der Waals surface area (Å²) in [4.78, 5) is 25.7. The molecule has 0 aliphatic carbocycles. The van der Waals surface area contributed by atoms with E-state index >= 15 is 0 Å². The topological polar surface area (TPSA) is 61.4 Å². The van der Waals surface area contributed by atoms with Gasteiger partial charge in [-0.3, -0.25) is 9.59 Å². The summed E-state index contributed by atoms with van der Waals surface area (Å²) in [6.45, 7) is 4.08. The van der Waals surface area contributed by atoms with Crippen LogP contribution in [-0.2, 0) is 4.79 Å². The van der Waals surface area contributed by atoms with Crippen molar-refractivity contribution in [3.05, 3.63) is 33.8 Å². The fourth-order valence-corrected chi connectivity index (χ4v) is 2.46.